The second-order valence-corrected chi connectivity index (χ2v) is 11.0. The van der Waals surface area contributed by atoms with Gasteiger partial charge in [-0.1, -0.05) is 12.1 Å². The molecule has 0 unspecified atom stereocenters. The van der Waals surface area contributed by atoms with Crippen LogP contribution in [0.15, 0.2) is 24.3 Å². The molecule has 182 valence electrons. The normalized spacial score (nSPS) is 11.8. The largest absolute Gasteiger partial charge is 0.433 e. The molecule has 0 aliphatic heterocycles. The summed E-state index contributed by atoms with van der Waals surface area (Å²) in [6, 6.07) is 6.73. The number of hydrogen-bond donors (Lipinski definition) is 4. The van der Waals surface area contributed by atoms with Crippen molar-refractivity contribution in [2.75, 3.05) is 34.8 Å². The van der Waals surface area contributed by atoms with Gasteiger partial charge < -0.3 is 28.2 Å². The van der Waals surface area contributed by atoms with Gasteiger partial charge in [-0.15, -0.1) is 0 Å². The zero-order valence-corrected chi connectivity index (χ0v) is 21.5. The van der Waals surface area contributed by atoms with E-state index >= 15 is 0 Å². The third-order valence-electron chi connectivity index (χ3n) is 4.02. The highest BCUT2D eigenvalue weighted by Crippen LogP contribution is 2.45. The zero-order valence-electron chi connectivity index (χ0n) is 18.1. The van der Waals surface area contributed by atoms with Crippen LogP contribution in [0.3, 0.4) is 0 Å². The molecule has 0 radical (unpaired) electrons. The Hall–Kier alpha value is -1.24. The molecule has 4 N–H and O–H groups in total. The molecule has 0 atom stereocenters. The van der Waals surface area contributed by atoms with Crippen LogP contribution in [-0.4, -0.2) is 65.6 Å². The molecule has 0 aromatic heterocycles. The Bertz CT molecular complexity index is 826. The molecule has 0 aliphatic rings. The Kier molecular flexibility index (Phi) is 11.1. The van der Waals surface area contributed by atoms with E-state index in [0.29, 0.717) is 44.6 Å². The van der Waals surface area contributed by atoms with Gasteiger partial charge in [0, 0.05) is 26.2 Å². The second-order valence-electron chi connectivity index (χ2n) is 6.05. The van der Waals surface area contributed by atoms with Crippen LogP contribution in [0.2, 0.25) is 0 Å². The number of nitrogens with zero attached hydrogens (tertiary/aromatic N) is 4. The van der Waals surface area contributed by atoms with E-state index in [2.05, 4.69) is 0 Å². The molecule has 1 aromatic carbocycles. The standard InChI is InChI=1S/C16H28N4O8P2S2/c1-5-17(29(23,24)25)15(21)31-19(7-3)13-11-9-10-12-14(13)20(8-4)32-16(22)18(6-2)30(26,27)28/h9-12H,5-8H2,1-4H3,(H2,23,24,25)(H2,26,27,28). The van der Waals surface area contributed by atoms with Gasteiger partial charge in [-0.25, -0.2) is 18.5 Å². The first-order valence-electron chi connectivity index (χ1n) is 9.56. The summed E-state index contributed by atoms with van der Waals surface area (Å²) in [5.41, 5.74) is 0.966. The van der Waals surface area contributed by atoms with Gasteiger partial charge >= 0.3 is 26.0 Å². The lowest BCUT2D eigenvalue weighted by atomic mass is 10.2. The molecule has 0 aliphatic carbocycles. The average molecular weight is 531 g/mol. The van der Waals surface area contributed by atoms with Gasteiger partial charge in [0.2, 0.25) is 0 Å². The topological polar surface area (TPSA) is 162 Å². The van der Waals surface area contributed by atoms with Crippen LogP contribution < -0.4 is 8.61 Å². The molecule has 0 saturated carbocycles. The Balaban J connectivity index is 3.24. The number of para-hydroxylation sites is 2. The quantitative estimate of drug-likeness (QED) is 0.257. The lowest BCUT2D eigenvalue weighted by molar-refractivity contribution is 0.230. The fourth-order valence-electron chi connectivity index (χ4n) is 2.58. The van der Waals surface area contributed by atoms with Gasteiger partial charge in [-0.3, -0.25) is 9.59 Å². The van der Waals surface area contributed by atoms with E-state index in [4.69, 9.17) is 0 Å². The van der Waals surface area contributed by atoms with Gasteiger partial charge in [0.1, 0.15) is 0 Å². The van der Waals surface area contributed by atoms with Gasteiger partial charge in [-0.2, -0.15) is 0 Å². The molecular formula is C16H28N4O8P2S2. The highest BCUT2D eigenvalue weighted by molar-refractivity contribution is 8.15. The highest BCUT2D eigenvalue weighted by atomic mass is 32.2. The number of carbonyl (C=O) groups is 2. The molecule has 2 amide bonds. The minimum absolute atomic E-state index is 0.185. The number of hydrogen-bond acceptors (Lipinski definition) is 8. The zero-order chi connectivity index (χ0) is 24.7. The first kappa shape index (κ1) is 28.8. The van der Waals surface area contributed by atoms with Crippen molar-refractivity contribution in [2.24, 2.45) is 0 Å². The third kappa shape index (κ3) is 7.67. The van der Waals surface area contributed by atoms with Crippen molar-refractivity contribution < 1.29 is 38.3 Å². The summed E-state index contributed by atoms with van der Waals surface area (Å²) in [5, 5.41) is -1.69. The second kappa shape index (κ2) is 12.3. The minimum atomic E-state index is -4.78. The van der Waals surface area contributed by atoms with Crippen molar-refractivity contribution in [1.82, 2.24) is 9.34 Å². The molecule has 1 aromatic rings. The van der Waals surface area contributed by atoms with Crippen molar-refractivity contribution in [1.29, 1.82) is 0 Å². The first-order chi connectivity index (χ1) is 14.8. The molecule has 0 fully saturated rings. The fraction of sp³-hybridized carbons (Fsp3) is 0.500. The van der Waals surface area contributed by atoms with Gasteiger partial charge in [-0.05, 0) is 39.8 Å². The molecule has 1 rings (SSSR count). The van der Waals surface area contributed by atoms with Crippen molar-refractivity contribution in [2.45, 2.75) is 27.7 Å². The maximum atomic E-state index is 12.5. The molecule has 0 heterocycles. The molecule has 16 heteroatoms. The first-order valence-corrected chi connectivity index (χ1v) is 14.2. The maximum Gasteiger partial charge on any atom is 0.433 e. The van der Waals surface area contributed by atoms with Crippen molar-refractivity contribution in [3.8, 4) is 0 Å². The van der Waals surface area contributed by atoms with Gasteiger partial charge in [0.15, 0.2) is 0 Å². The Morgan fingerprint density at radius 2 is 1.03 bits per heavy atom. The predicted octanol–water partition coefficient (Wildman–Crippen LogP) is 3.70. The summed E-state index contributed by atoms with van der Waals surface area (Å²) in [6.45, 7) is 6.58. The molecule has 0 saturated heterocycles. The van der Waals surface area contributed by atoms with E-state index < -0.39 is 26.0 Å². The number of anilines is 2. The molecule has 32 heavy (non-hydrogen) atoms. The summed E-state index contributed by atoms with van der Waals surface area (Å²) in [5.74, 6) is 0. The monoisotopic (exact) mass is 530 g/mol. The smallest absolute Gasteiger partial charge is 0.308 e. The van der Waals surface area contributed by atoms with Crippen LogP contribution in [0, 0.1) is 0 Å². The lowest BCUT2D eigenvalue weighted by Crippen LogP contribution is -2.30. The number of carbonyl (C=O) groups excluding carboxylic acids is 2. The Morgan fingerprint density at radius 1 is 0.719 bits per heavy atom. The van der Waals surface area contributed by atoms with E-state index in [1.807, 2.05) is 0 Å². The fourth-order valence-corrected chi connectivity index (χ4v) is 6.18. The highest BCUT2D eigenvalue weighted by Gasteiger charge is 2.33. The summed E-state index contributed by atoms with van der Waals surface area (Å²) in [6.07, 6.45) is 0. The number of amides is 2. The minimum Gasteiger partial charge on any atom is -0.308 e. The molecule has 0 spiro atoms. The molecule has 12 nitrogen and oxygen atoms in total. The van der Waals surface area contributed by atoms with Crippen LogP contribution >= 0.6 is 39.4 Å². The number of benzene rings is 1. The summed E-state index contributed by atoms with van der Waals surface area (Å²) in [7, 11) is -9.56. The summed E-state index contributed by atoms with van der Waals surface area (Å²) < 4.78 is 27.1. The van der Waals surface area contributed by atoms with E-state index in [1.165, 1.54) is 22.5 Å². The van der Waals surface area contributed by atoms with Gasteiger partial charge in [0.05, 0.1) is 35.3 Å². The Labute approximate surface area is 195 Å². The predicted molar refractivity (Wildman–Crippen MR) is 127 cm³/mol. The van der Waals surface area contributed by atoms with Crippen LogP contribution in [0.1, 0.15) is 27.7 Å². The summed E-state index contributed by atoms with van der Waals surface area (Å²) >= 11 is 1.21. The molecule has 0 bridgehead atoms. The van der Waals surface area contributed by atoms with Crippen molar-refractivity contribution in [3.63, 3.8) is 0 Å². The van der Waals surface area contributed by atoms with E-state index in [9.17, 15) is 38.3 Å². The van der Waals surface area contributed by atoms with E-state index in [1.54, 1.807) is 38.1 Å². The number of rotatable bonds is 10. The van der Waals surface area contributed by atoms with E-state index in [-0.39, 0.29) is 26.2 Å². The van der Waals surface area contributed by atoms with Crippen LogP contribution in [0.25, 0.3) is 0 Å². The van der Waals surface area contributed by atoms with Crippen LogP contribution in [0.5, 0.6) is 0 Å². The van der Waals surface area contributed by atoms with E-state index in [0.717, 1.165) is 0 Å². The molecular weight excluding hydrogens is 502 g/mol. The SMILES string of the molecule is CCN(SC(=O)N(CC)P(=O)(O)O)c1ccccc1N(CC)SC(=O)N(CC)P(=O)(O)O. The van der Waals surface area contributed by atoms with Crippen molar-refractivity contribution in [3.05, 3.63) is 24.3 Å². The Morgan fingerprint density at radius 3 is 1.25 bits per heavy atom. The third-order valence-corrected chi connectivity index (χ3v) is 8.58. The van der Waals surface area contributed by atoms with Crippen LogP contribution in [-0.2, 0) is 9.13 Å². The van der Waals surface area contributed by atoms with Crippen molar-refractivity contribution >= 4 is 61.2 Å². The lowest BCUT2D eigenvalue weighted by Gasteiger charge is -2.31. The summed E-state index contributed by atoms with van der Waals surface area (Å²) in [4.78, 5) is 62.6. The van der Waals surface area contributed by atoms with Crippen LogP contribution in [0.4, 0.5) is 21.0 Å². The maximum absolute atomic E-state index is 12.5. The van der Waals surface area contributed by atoms with Gasteiger partial charge in [0.25, 0.3) is 0 Å². The average Bonchev–Trinajstić information content (AvgIpc) is 2.69.